The Morgan fingerprint density at radius 1 is 1.21 bits per heavy atom. The first-order valence-electron chi connectivity index (χ1n) is 12.7. The Morgan fingerprint density at radius 3 is 2.47 bits per heavy atom. The molecule has 38 heavy (non-hydrogen) atoms. The Labute approximate surface area is 225 Å². The van der Waals surface area contributed by atoms with Gasteiger partial charge in [0.2, 0.25) is 5.91 Å². The van der Waals surface area contributed by atoms with E-state index in [2.05, 4.69) is 15.3 Å². The number of aliphatic hydroxyl groups is 1. The first-order valence-corrected chi connectivity index (χ1v) is 13.6. The number of nitrogens with two attached hydrogens (primary N) is 1. The molecule has 2 aromatic rings. The van der Waals surface area contributed by atoms with Gasteiger partial charge in [0.25, 0.3) is 5.91 Å². The van der Waals surface area contributed by atoms with Crippen molar-refractivity contribution in [2.24, 2.45) is 22.1 Å². The van der Waals surface area contributed by atoms with Gasteiger partial charge in [-0.25, -0.2) is 8.78 Å². The fraction of sp³-hybridized carbons (Fsp3) is 0.481. The summed E-state index contributed by atoms with van der Waals surface area (Å²) in [7, 11) is 0. The van der Waals surface area contributed by atoms with E-state index in [1.807, 2.05) is 13.8 Å². The predicted molar refractivity (Wildman–Crippen MR) is 144 cm³/mol. The normalized spacial score (nSPS) is 18.6. The van der Waals surface area contributed by atoms with Gasteiger partial charge in [0, 0.05) is 55.5 Å². The van der Waals surface area contributed by atoms with Crippen molar-refractivity contribution in [1.29, 1.82) is 0 Å². The number of nitrogens with zero attached hydrogens (tertiary/aromatic N) is 3. The smallest absolute Gasteiger partial charge is 0.255 e. The van der Waals surface area contributed by atoms with Crippen LogP contribution >= 0.6 is 11.3 Å². The second-order valence-corrected chi connectivity index (χ2v) is 10.5. The van der Waals surface area contributed by atoms with Gasteiger partial charge in [0.1, 0.15) is 11.6 Å². The quantitative estimate of drug-likeness (QED) is 0.336. The molecule has 4 N–H and O–H groups in total. The molecule has 0 saturated heterocycles. The summed E-state index contributed by atoms with van der Waals surface area (Å²) in [6.07, 6.45) is 4.92. The van der Waals surface area contributed by atoms with E-state index in [-0.39, 0.29) is 36.6 Å². The molecule has 0 spiro atoms. The topological polar surface area (TPSA) is 121 Å². The van der Waals surface area contributed by atoms with E-state index in [0.717, 1.165) is 35.9 Å². The third-order valence-electron chi connectivity index (χ3n) is 6.62. The fourth-order valence-corrected chi connectivity index (χ4v) is 5.39. The van der Waals surface area contributed by atoms with Gasteiger partial charge in [-0.2, -0.15) is 0 Å². The molecule has 1 aliphatic rings. The predicted octanol–water partition coefficient (Wildman–Crippen LogP) is 2.86. The van der Waals surface area contributed by atoms with Gasteiger partial charge in [-0.1, -0.05) is 19.9 Å². The molecule has 11 heteroatoms. The van der Waals surface area contributed by atoms with Crippen LogP contribution in [0.2, 0.25) is 0 Å². The molecule has 2 amide bonds. The lowest BCUT2D eigenvalue weighted by molar-refractivity contribution is -0.130. The number of hydrogen-bond donors (Lipinski definition) is 3. The first kappa shape index (κ1) is 29.5. The average Bonchev–Trinajstić information content (AvgIpc) is 3.39. The molecule has 3 rings (SSSR count). The standard InChI is InChI=1S/C27H35F2N5O3S/c1-3-5-34(6-4-2)25(36)19-11-27(26(30)37,16-32-12-19)23(9-18-7-20(28)10-21(29)8-18)24(35)15-31-13-22-14-33-17-38-22/h7-8,10-12,14,17,23-24,31,35H,3-6,9,13,15-16H2,1-2H3,(H2,30,37)/t23-,24+,27?/m1/s1. The number of thiazole rings is 1. The highest BCUT2D eigenvalue weighted by molar-refractivity contribution is 7.09. The lowest BCUT2D eigenvalue weighted by atomic mass is 9.67. The molecule has 3 atom stereocenters. The Bertz CT molecular complexity index is 1130. The molecule has 1 unspecified atom stereocenters. The third-order valence-corrected chi connectivity index (χ3v) is 7.40. The van der Waals surface area contributed by atoms with E-state index in [1.165, 1.54) is 23.6 Å². The first-order chi connectivity index (χ1) is 18.2. The lowest BCUT2D eigenvalue weighted by Crippen LogP contribution is -2.53. The van der Waals surface area contributed by atoms with E-state index in [1.54, 1.807) is 16.6 Å². The van der Waals surface area contributed by atoms with E-state index in [4.69, 9.17) is 5.73 Å². The van der Waals surface area contributed by atoms with Crippen molar-refractivity contribution < 1.29 is 23.5 Å². The molecular formula is C27H35F2N5O3S. The van der Waals surface area contributed by atoms with Crippen molar-refractivity contribution in [3.63, 3.8) is 0 Å². The summed E-state index contributed by atoms with van der Waals surface area (Å²) in [5, 5.41) is 14.5. The number of aromatic nitrogens is 1. The maximum atomic E-state index is 14.0. The zero-order valence-electron chi connectivity index (χ0n) is 21.7. The van der Waals surface area contributed by atoms with Gasteiger partial charge in [0.05, 0.1) is 29.1 Å². The summed E-state index contributed by atoms with van der Waals surface area (Å²) in [4.78, 5) is 37.5. The molecule has 206 valence electrons. The molecule has 0 radical (unpaired) electrons. The van der Waals surface area contributed by atoms with E-state index < -0.39 is 35.0 Å². The Morgan fingerprint density at radius 2 is 1.89 bits per heavy atom. The van der Waals surface area contributed by atoms with Crippen LogP contribution in [0.3, 0.4) is 0 Å². The second-order valence-electron chi connectivity index (χ2n) is 9.52. The number of dihydropyridines is 1. The molecule has 0 saturated carbocycles. The zero-order chi connectivity index (χ0) is 27.7. The largest absolute Gasteiger partial charge is 0.391 e. The summed E-state index contributed by atoms with van der Waals surface area (Å²) in [5.74, 6) is -3.53. The number of benzene rings is 1. The number of carbonyl (C=O) groups excluding carboxylic acids is 2. The number of aliphatic imine (C=N–C) groups is 1. The molecule has 2 heterocycles. The Hall–Kier alpha value is -3.02. The van der Waals surface area contributed by atoms with Gasteiger partial charge in [-0.3, -0.25) is 19.6 Å². The maximum absolute atomic E-state index is 14.0. The van der Waals surface area contributed by atoms with E-state index >= 15 is 0 Å². The number of primary amides is 1. The van der Waals surface area contributed by atoms with Gasteiger partial charge in [-0.05, 0) is 37.0 Å². The highest BCUT2D eigenvalue weighted by atomic mass is 32.1. The number of hydrogen-bond acceptors (Lipinski definition) is 7. The van der Waals surface area contributed by atoms with Crippen LogP contribution in [0.25, 0.3) is 0 Å². The molecule has 8 nitrogen and oxygen atoms in total. The molecule has 1 aromatic heterocycles. The Kier molecular flexibility index (Phi) is 10.6. The number of nitrogens with one attached hydrogen (secondary N) is 1. The highest BCUT2D eigenvalue weighted by Crippen LogP contribution is 2.38. The van der Waals surface area contributed by atoms with E-state index in [9.17, 15) is 23.5 Å². The van der Waals surface area contributed by atoms with Crippen LogP contribution in [-0.2, 0) is 22.6 Å². The van der Waals surface area contributed by atoms with Crippen LogP contribution in [-0.4, -0.2) is 65.3 Å². The number of carbonyl (C=O) groups is 2. The molecule has 0 bridgehead atoms. The summed E-state index contributed by atoms with van der Waals surface area (Å²) in [6, 6.07) is 3.08. The van der Waals surface area contributed by atoms with Crippen LogP contribution < -0.4 is 11.1 Å². The Balaban J connectivity index is 1.98. The third kappa shape index (κ3) is 7.30. The number of amides is 2. The minimum absolute atomic E-state index is 0.0635. The fourth-order valence-electron chi connectivity index (χ4n) is 4.82. The number of halogens is 2. The van der Waals surface area contributed by atoms with Gasteiger partial charge in [0.15, 0.2) is 0 Å². The monoisotopic (exact) mass is 547 g/mol. The van der Waals surface area contributed by atoms with Crippen LogP contribution in [0.1, 0.15) is 37.1 Å². The SMILES string of the molecule is CCCN(CCC)C(=O)C1=CC(C(N)=O)([C@H](Cc2cc(F)cc(F)c2)[C@@H](O)CNCc2cncs2)CN=C1. The van der Waals surface area contributed by atoms with Crippen molar-refractivity contribution >= 4 is 29.4 Å². The van der Waals surface area contributed by atoms with Gasteiger partial charge < -0.3 is 21.1 Å². The summed E-state index contributed by atoms with van der Waals surface area (Å²) >= 11 is 1.45. The molecular weight excluding hydrogens is 512 g/mol. The van der Waals surface area contributed by atoms with Crippen LogP contribution in [0.4, 0.5) is 8.78 Å². The van der Waals surface area contributed by atoms with Crippen LogP contribution in [0.15, 0.2) is 46.5 Å². The second kappa shape index (κ2) is 13.7. The summed E-state index contributed by atoms with van der Waals surface area (Å²) in [5.41, 5.74) is 6.54. The minimum Gasteiger partial charge on any atom is -0.391 e. The molecule has 1 aliphatic heterocycles. The van der Waals surface area contributed by atoms with Crippen molar-refractivity contribution in [3.05, 3.63) is 63.6 Å². The van der Waals surface area contributed by atoms with Crippen LogP contribution in [0.5, 0.6) is 0 Å². The zero-order valence-corrected chi connectivity index (χ0v) is 22.5. The molecule has 0 fully saturated rings. The van der Waals surface area contributed by atoms with Crippen molar-refractivity contribution in [1.82, 2.24) is 15.2 Å². The number of rotatable bonds is 14. The van der Waals surface area contributed by atoms with Crippen LogP contribution in [0, 0.1) is 23.0 Å². The van der Waals surface area contributed by atoms with Gasteiger partial charge >= 0.3 is 0 Å². The summed E-state index contributed by atoms with van der Waals surface area (Å²) in [6.45, 7) is 5.42. The molecule has 0 aliphatic carbocycles. The lowest BCUT2D eigenvalue weighted by Gasteiger charge is -2.40. The van der Waals surface area contributed by atoms with Crippen molar-refractivity contribution in [2.45, 2.75) is 45.8 Å². The number of aliphatic hydroxyl groups excluding tert-OH is 1. The van der Waals surface area contributed by atoms with Crippen molar-refractivity contribution in [3.8, 4) is 0 Å². The summed E-state index contributed by atoms with van der Waals surface area (Å²) < 4.78 is 28.1. The minimum atomic E-state index is -1.56. The van der Waals surface area contributed by atoms with Crippen molar-refractivity contribution in [2.75, 3.05) is 26.2 Å². The van der Waals surface area contributed by atoms with Gasteiger partial charge in [-0.15, -0.1) is 11.3 Å². The molecule has 1 aromatic carbocycles. The highest BCUT2D eigenvalue weighted by Gasteiger charge is 2.47. The maximum Gasteiger partial charge on any atom is 0.255 e. The average molecular weight is 548 g/mol. The van der Waals surface area contributed by atoms with E-state index in [0.29, 0.717) is 19.6 Å².